The first-order valence-corrected chi connectivity index (χ1v) is 10.1. The van der Waals surface area contributed by atoms with Gasteiger partial charge in [0.05, 0.1) is 12.1 Å². The van der Waals surface area contributed by atoms with Gasteiger partial charge in [-0.1, -0.05) is 20.8 Å². The number of piperidine rings is 1. The van der Waals surface area contributed by atoms with E-state index in [2.05, 4.69) is 48.0 Å². The van der Waals surface area contributed by atoms with Gasteiger partial charge in [0.15, 0.2) is 5.82 Å². The maximum atomic E-state index is 12.8. The molecule has 0 unspecified atom stereocenters. The number of H-pyrrole nitrogens is 1. The predicted octanol–water partition coefficient (Wildman–Crippen LogP) is 2.79. The van der Waals surface area contributed by atoms with E-state index in [9.17, 15) is 4.79 Å². The average Bonchev–Trinajstić information content (AvgIpc) is 3.22. The van der Waals surface area contributed by atoms with Gasteiger partial charge in [-0.25, -0.2) is 4.98 Å². The summed E-state index contributed by atoms with van der Waals surface area (Å²) in [5.74, 6) is 2.93. The van der Waals surface area contributed by atoms with Gasteiger partial charge >= 0.3 is 0 Å². The number of hydrogen-bond donors (Lipinski definition) is 1. The van der Waals surface area contributed by atoms with E-state index in [4.69, 9.17) is 0 Å². The van der Waals surface area contributed by atoms with Crippen molar-refractivity contribution in [1.29, 1.82) is 0 Å². The second kappa shape index (κ2) is 8.23. The fraction of sp³-hybridized carbons (Fsp3) is 0.700. The van der Waals surface area contributed by atoms with Crippen LogP contribution >= 0.6 is 0 Å². The molecule has 148 valence electrons. The Labute approximate surface area is 161 Å². The molecular weight excluding hydrogens is 340 g/mol. The number of carbonyl (C=O) groups excluding carboxylic acids is 1. The van der Waals surface area contributed by atoms with Crippen LogP contribution in [0.4, 0.5) is 0 Å². The molecule has 0 aliphatic carbocycles. The number of aromatic nitrogens is 5. The molecule has 2 aromatic rings. The first kappa shape index (κ1) is 19.6. The third-order valence-corrected chi connectivity index (χ3v) is 5.49. The quantitative estimate of drug-likeness (QED) is 0.845. The number of nitrogens with zero attached hydrogens (tertiary/aromatic N) is 5. The van der Waals surface area contributed by atoms with Crippen molar-refractivity contribution in [2.45, 2.75) is 72.8 Å². The Bertz CT molecular complexity index is 782. The summed E-state index contributed by atoms with van der Waals surface area (Å²) in [6, 6.07) is 0. The minimum atomic E-state index is 0.202. The van der Waals surface area contributed by atoms with Gasteiger partial charge in [-0.15, -0.1) is 0 Å². The lowest BCUT2D eigenvalue weighted by atomic mass is 9.95. The Morgan fingerprint density at radius 1 is 1.26 bits per heavy atom. The van der Waals surface area contributed by atoms with Gasteiger partial charge in [0.25, 0.3) is 0 Å². The lowest BCUT2D eigenvalue weighted by Crippen LogP contribution is -2.39. The van der Waals surface area contributed by atoms with Crippen LogP contribution in [0.5, 0.6) is 0 Å². The van der Waals surface area contributed by atoms with Crippen molar-refractivity contribution in [1.82, 2.24) is 29.9 Å². The molecule has 1 aliphatic heterocycles. The highest BCUT2D eigenvalue weighted by molar-refractivity contribution is 5.79. The van der Waals surface area contributed by atoms with E-state index >= 15 is 0 Å². The molecule has 0 bridgehead atoms. The molecule has 0 saturated carbocycles. The minimum absolute atomic E-state index is 0.202. The van der Waals surface area contributed by atoms with Crippen molar-refractivity contribution in [2.75, 3.05) is 13.1 Å². The summed E-state index contributed by atoms with van der Waals surface area (Å²) in [5.41, 5.74) is 3.19. The van der Waals surface area contributed by atoms with Crippen LogP contribution in [0.25, 0.3) is 0 Å². The lowest BCUT2D eigenvalue weighted by molar-refractivity contribution is -0.131. The average molecular weight is 373 g/mol. The number of aromatic amines is 1. The molecule has 0 spiro atoms. The van der Waals surface area contributed by atoms with E-state index in [1.54, 1.807) is 0 Å². The highest BCUT2D eigenvalue weighted by Crippen LogP contribution is 2.26. The molecule has 1 N–H and O–H groups in total. The standard InChI is InChI=1S/C20H32N6O/c1-6-18-21-20(23-22-18)16-7-9-25(10-8-16)19(27)11-17-14(4)24-26(15(17)5)12-13(2)3/h13,16H,6-12H2,1-5H3,(H,21,22,23). The Balaban J connectivity index is 1.59. The molecule has 1 fully saturated rings. The number of nitrogens with one attached hydrogen (secondary N) is 1. The van der Waals surface area contributed by atoms with Gasteiger partial charge in [0, 0.05) is 43.2 Å². The van der Waals surface area contributed by atoms with Gasteiger partial charge in [-0.3, -0.25) is 14.6 Å². The molecule has 3 rings (SSSR count). The van der Waals surface area contributed by atoms with E-state index < -0.39 is 0 Å². The van der Waals surface area contributed by atoms with Crippen LogP contribution in [0, 0.1) is 19.8 Å². The van der Waals surface area contributed by atoms with E-state index in [1.807, 2.05) is 16.5 Å². The molecule has 1 aliphatic rings. The highest BCUT2D eigenvalue weighted by Gasteiger charge is 2.27. The smallest absolute Gasteiger partial charge is 0.227 e. The van der Waals surface area contributed by atoms with Crippen LogP contribution in [-0.4, -0.2) is 48.9 Å². The van der Waals surface area contributed by atoms with Crippen LogP contribution in [0.2, 0.25) is 0 Å². The van der Waals surface area contributed by atoms with Crippen LogP contribution in [0.1, 0.15) is 68.1 Å². The summed E-state index contributed by atoms with van der Waals surface area (Å²) in [4.78, 5) is 19.4. The summed E-state index contributed by atoms with van der Waals surface area (Å²) in [7, 11) is 0. The molecule has 7 heteroatoms. The lowest BCUT2D eigenvalue weighted by Gasteiger charge is -2.31. The SMILES string of the molecule is CCc1nc(C2CCN(C(=O)Cc3c(C)nn(CC(C)C)c3C)CC2)n[nH]1. The number of aryl methyl sites for hydroxylation is 2. The first-order valence-electron chi connectivity index (χ1n) is 10.1. The van der Waals surface area contributed by atoms with Crippen LogP contribution in [-0.2, 0) is 24.2 Å². The molecule has 1 amide bonds. The molecule has 2 aromatic heterocycles. The highest BCUT2D eigenvalue weighted by atomic mass is 16.2. The van der Waals surface area contributed by atoms with Crippen LogP contribution < -0.4 is 0 Å². The third kappa shape index (κ3) is 4.39. The van der Waals surface area contributed by atoms with E-state index in [1.165, 1.54) is 0 Å². The minimum Gasteiger partial charge on any atom is -0.342 e. The molecule has 0 aromatic carbocycles. The molecule has 1 saturated heterocycles. The van der Waals surface area contributed by atoms with Gasteiger partial charge in [-0.2, -0.15) is 10.2 Å². The Morgan fingerprint density at radius 2 is 1.96 bits per heavy atom. The van der Waals surface area contributed by atoms with Crippen molar-refractivity contribution in [3.8, 4) is 0 Å². The molecule has 7 nitrogen and oxygen atoms in total. The zero-order valence-corrected chi connectivity index (χ0v) is 17.2. The Kier molecular flexibility index (Phi) is 5.97. The number of rotatable bonds is 6. The zero-order chi connectivity index (χ0) is 19.6. The Hall–Kier alpha value is -2.18. The van der Waals surface area contributed by atoms with Crippen molar-refractivity contribution >= 4 is 5.91 Å². The molecule has 0 atom stereocenters. The Morgan fingerprint density at radius 3 is 2.56 bits per heavy atom. The fourth-order valence-corrected chi connectivity index (χ4v) is 3.81. The summed E-state index contributed by atoms with van der Waals surface area (Å²) in [6.45, 7) is 13.0. The van der Waals surface area contributed by atoms with E-state index in [0.717, 1.165) is 67.5 Å². The monoisotopic (exact) mass is 372 g/mol. The summed E-state index contributed by atoms with van der Waals surface area (Å²) in [6.07, 6.45) is 3.17. The van der Waals surface area contributed by atoms with E-state index in [0.29, 0.717) is 18.3 Å². The maximum Gasteiger partial charge on any atom is 0.227 e. The maximum absolute atomic E-state index is 12.8. The zero-order valence-electron chi connectivity index (χ0n) is 17.2. The molecule has 3 heterocycles. The predicted molar refractivity (Wildman–Crippen MR) is 105 cm³/mol. The van der Waals surface area contributed by atoms with Crippen molar-refractivity contribution in [3.05, 3.63) is 28.6 Å². The first-order chi connectivity index (χ1) is 12.9. The van der Waals surface area contributed by atoms with Crippen molar-refractivity contribution in [2.24, 2.45) is 5.92 Å². The largest absolute Gasteiger partial charge is 0.342 e. The van der Waals surface area contributed by atoms with Gasteiger partial charge in [0.1, 0.15) is 5.82 Å². The fourth-order valence-electron chi connectivity index (χ4n) is 3.81. The molecule has 27 heavy (non-hydrogen) atoms. The number of amides is 1. The summed E-state index contributed by atoms with van der Waals surface area (Å²) in [5, 5.41) is 12.0. The van der Waals surface area contributed by atoms with Crippen LogP contribution in [0.15, 0.2) is 0 Å². The van der Waals surface area contributed by atoms with Crippen molar-refractivity contribution < 1.29 is 4.79 Å². The summed E-state index contributed by atoms with van der Waals surface area (Å²) < 4.78 is 2.05. The van der Waals surface area contributed by atoms with Crippen LogP contribution in [0.3, 0.4) is 0 Å². The second-order valence-electron chi connectivity index (χ2n) is 8.05. The molecule has 0 radical (unpaired) electrons. The topological polar surface area (TPSA) is 79.7 Å². The van der Waals surface area contributed by atoms with Gasteiger partial charge in [0.2, 0.25) is 5.91 Å². The van der Waals surface area contributed by atoms with Crippen molar-refractivity contribution in [3.63, 3.8) is 0 Å². The number of likely N-dealkylation sites (tertiary alicyclic amines) is 1. The van der Waals surface area contributed by atoms with Gasteiger partial charge < -0.3 is 4.90 Å². The number of hydrogen-bond acceptors (Lipinski definition) is 4. The summed E-state index contributed by atoms with van der Waals surface area (Å²) >= 11 is 0. The number of carbonyl (C=O) groups is 1. The van der Waals surface area contributed by atoms with E-state index in [-0.39, 0.29) is 5.91 Å². The molecular formula is C20H32N6O. The third-order valence-electron chi connectivity index (χ3n) is 5.49. The van der Waals surface area contributed by atoms with Gasteiger partial charge in [-0.05, 0) is 32.6 Å². The normalized spacial score (nSPS) is 15.7. The second-order valence-corrected chi connectivity index (χ2v) is 8.05.